The van der Waals surface area contributed by atoms with Crippen LogP contribution >= 0.6 is 23.4 Å². The van der Waals surface area contributed by atoms with E-state index in [1.807, 2.05) is 18.2 Å². The predicted octanol–water partition coefficient (Wildman–Crippen LogP) is 4.26. The molecule has 0 amide bonds. The van der Waals surface area contributed by atoms with E-state index in [9.17, 15) is 4.79 Å². The van der Waals surface area contributed by atoms with E-state index in [0.29, 0.717) is 27.6 Å². The lowest BCUT2D eigenvalue weighted by molar-refractivity contribution is 0.0965. The number of ketones is 1. The van der Waals surface area contributed by atoms with Crippen molar-refractivity contribution >= 4 is 57.0 Å². The summed E-state index contributed by atoms with van der Waals surface area (Å²) in [6, 6.07) is 5.82. The van der Waals surface area contributed by atoms with Gasteiger partial charge in [-0.3, -0.25) is 4.79 Å². The third-order valence-electron chi connectivity index (χ3n) is 7.46. The van der Waals surface area contributed by atoms with Gasteiger partial charge in [-0.2, -0.15) is 0 Å². The molecule has 0 bridgehead atoms. The van der Waals surface area contributed by atoms with E-state index >= 15 is 0 Å². The Hall–Kier alpha value is -2.86. The molecule has 10 nitrogen and oxygen atoms in total. The summed E-state index contributed by atoms with van der Waals surface area (Å²) in [5.74, 6) is 0.909. The van der Waals surface area contributed by atoms with Crippen LogP contribution in [0.25, 0.3) is 22.1 Å². The third-order valence-corrected chi connectivity index (χ3v) is 8.73. The first kappa shape index (κ1) is 26.4. The quantitative estimate of drug-likeness (QED) is 0.224. The van der Waals surface area contributed by atoms with E-state index in [-0.39, 0.29) is 17.6 Å². The molecule has 5 heterocycles. The number of hydrogen-bond donors (Lipinski definition) is 2. The number of aromatic amines is 1. The molecule has 6 rings (SSSR count). The van der Waals surface area contributed by atoms with Crippen molar-refractivity contribution in [2.24, 2.45) is 5.73 Å². The van der Waals surface area contributed by atoms with Gasteiger partial charge in [0.1, 0.15) is 17.0 Å². The fourth-order valence-electron chi connectivity index (χ4n) is 5.35. The highest BCUT2D eigenvalue weighted by molar-refractivity contribution is 7.99. The van der Waals surface area contributed by atoms with Crippen molar-refractivity contribution in [2.45, 2.75) is 61.5 Å². The normalized spacial score (nSPS) is 18.1. The summed E-state index contributed by atoms with van der Waals surface area (Å²) >= 11 is 8.17. The SMILES string of the molecule is CCc1[nH]c2nc(Sc3ccc4nnc(C(=O)CCCN5CCCC5)nc4c3)nc(N3CC[C@@H](N)C3)c2c1Cl. The third kappa shape index (κ3) is 5.58. The molecular weight excluding hydrogens is 534 g/mol. The van der Waals surface area contributed by atoms with Gasteiger partial charge >= 0.3 is 0 Å². The average Bonchev–Trinajstić information content (AvgIpc) is 3.68. The maximum absolute atomic E-state index is 12.8. The van der Waals surface area contributed by atoms with E-state index < -0.39 is 0 Å². The zero-order valence-corrected chi connectivity index (χ0v) is 23.6. The molecule has 3 aromatic heterocycles. The van der Waals surface area contributed by atoms with Crippen molar-refractivity contribution in [1.82, 2.24) is 35.0 Å². The monoisotopic (exact) mass is 565 g/mol. The summed E-state index contributed by atoms with van der Waals surface area (Å²) in [5, 5.41) is 10.5. The number of halogens is 1. The lowest BCUT2D eigenvalue weighted by Crippen LogP contribution is -2.27. The van der Waals surface area contributed by atoms with Gasteiger partial charge in [-0.15, -0.1) is 10.2 Å². The molecular formula is C27H32ClN9OS. The number of rotatable bonds is 9. The molecule has 1 atom stereocenters. The predicted molar refractivity (Wildman–Crippen MR) is 154 cm³/mol. The molecule has 1 aromatic carbocycles. The number of carbonyl (C=O) groups excluding carboxylic acids is 1. The Morgan fingerprint density at radius 3 is 2.77 bits per heavy atom. The van der Waals surface area contributed by atoms with Crippen LogP contribution in [0.2, 0.25) is 5.02 Å². The maximum atomic E-state index is 12.8. The first-order valence-electron chi connectivity index (χ1n) is 13.6. The van der Waals surface area contributed by atoms with Crippen molar-refractivity contribution < 1.29 is 4.79 Å². The molecule has 0 unspecified atom stereocenters. The topological polar surface area (TPSA) is 130 Å². The highest BCUT2D eigenvalue weighted by Crippen LogP contribution is 2.37. The van der Waals surface area contributed by atoms with Crippen LogP contribution in [0.3, 0.4) is 0 Å². The molecule has 0 radical (unpaired) electrons. The maximum Gasteiger partial charge on any atom is 0.218 e. The molecule has 4 aromatic rings. The highest BCUT2D eigenvalue weighted by Gasteiger charge is 2.26. The van der Waals surface area contributed by atoms with Gasteiger partial charge in [-0.25, -0.2) is 15.0 Å². The number of aryl methyl sites for hydroxylation is 1. The number of likely N-dealkylation sites (tertiary alicyclic amines) is 1. The summed E-state index contributed by atoms with van der Waals surface area (Å²) in [6.07, 6.45) is 5.41. The number of aromatic nitrogens is 6. The number of carbonyl (C=O) groups is 1. The fourth-order valence-corrected chi connectivity index (χ4v) is 6.49. The van der Waals surface area contributed by atoms with Crippen molar-refractivity contribution in [1.29, 1.82) is 0 Å². The Balaban J connectivity index is 1.25. The molecule has 2 aliphatic heterocycles. The number of Topliss-reactive ketones (excluding diaryl/α,β-unsaturated/α-hetero) is 1. The molecule has 0 aliphatic carbocycles. The second-order valence-corrected chi connectivity index (χ2v) is 11.7. The number of nitrogens with zero attached hydrogens (tertiary/aromatic N) is 7. The molecule has 0 saturated carbocycles. The summed E-state index contributed by atoms with van der Waals surface area (Å²) in [4.78, 5) is 35.9. The fraction of sp³-hybridized carbons (Fsp3) is 0.481. The minimum atomic E-state index is -0.0701. The van der Waals surface area contributed by atoms with E-state index in [1.165, 1.54) is 24.6 Å². The Morgan fingerprint density at radius 1 is 1.15 bits per heavy atom. The van der Waals surface area contributed by atoms with E-state index in [2.05, 4.69) is 36.9 Å². The van der Waals surface area contributed by atoms with Crippen LogP contribution < -0.4 is 10.6 Å². The summed E-state index contributed by atoms with van der Waals surface area (Å²) in [5.41, 5.74) is 9.13. The summed E-state index contributed by atoms with van der Waals surface area (Å²) in [7, 11) is 0. The van der Waals surface area contributed by atoms with Crippen LogP contribution in [0, 0.1) is 0 Å². The second-order valence-electron chi connectivity index (χ2n) is 10.3. The van der Waals surface area contributed by atoms with E-state index in [1.54, 1.807) is 0 Å². The molecule has 204 valence electrons. The Morgan fingerprint density at radius 2 is 2.00 bits per heavy atom. The van der Waals surface area contributed by atoms with Gasteiger partial charge < -0.3 is 20.5 Å². The second kappa shape index (κ2) is 11.3. The largest absolute Gasteiger partial charge is 0.354 e. The van der Waals surface area contributed by atoms with Gasteiger partial charge in [0.15, 0.2) is 5.16 Å². The summed E-state index contributed by atoms with van der Waals surface area (Å²) in [6.45, 7) is 6.81. The van der Waals surface area contributed by atoms with Crippen molar-refractivity contribution in [3.05, 3.63) is 34.7 Å². The number of anilines is 1. The number of hydrogen-bond acceptors (Lipinski definition) is 10. The summed E-state index contributed by atoms with van der Waals surface area (Å²) < 4.78 is 0. The Kier molecular flexibility index (Phi) is 7.66. The van der Waals surface area contributed by atoms with Crippen molar-refractivity contribution in [2.75, 3.05) is 37.6 Å². The van der Waals surface area contributed by atoms with Crippen molar-refractivity contribution in [3.8, 4) is 0 Å². The standard InChI is InChI=1S/C27H32ClN9OS/c1-2-18-23(28)22-25(30-18)32-27(33-26(22)37-13-9-16(29)15-37)39-17-7-8-19-20(14-17)31-24(35-34-19)21(38)6-5-12-36-10-3-4-11-36/h7-8,14,16H,2-6,9-13,15,29H2,1H3,(H,30,32,33)/t16-/m1/s1. The zero-order chi connectivity index (χ0) is 26.9. The van der Waals surface area contributed by atoms with Crippen LogP contribution in [-0.4, -0.2) is 79.6 Å². The van der Waals surface area contributed by atoms with Crippen LogP contribution in [0.15, 0.2) is 28.3 Å². The zero-order valence-electron chi connectivity index (χ0n) is 22.0. The minimum Gasteiger partial charge on any atom is -0.354 e. The Bertz CT molecular complexity index is 1520. The molecule has 2 saturated heterocycles. The van der Waals surface area contributed by atoms with Gasteiger partial charge in [0.25, 0.3) is 0 Å². The smallest absolute Gasteiger partial charge is 0.218 e. The van der Waals surface area contributed by atoms with Crippen LogP contribution in [0.5, 0.6) is 0 Å². The van der Waals surface area contributed by atoms with Gasteiger partial charge in [-0.05, 0) is 81.7 Å². The lowest BCUT2D eigenvalue weighted by Gasteiger charge is -2.18. The molecule has 2 fully saturated rings. The Labute approximate surface area is 236 Å². The van der Waals surface area contributed by atoms with Gasteiger partial charge in [0.2, 0.25) is 11.6 Å². The first-order chi connectivity index (χ1) is 19.0. The molecule has 39 heavy (non-hydrogen) atoms. The van der Waals surface area contributed by atoms with Crippen LogP contribution in [0.1, 0.15) is 55.3 Å². The number of nitrogens with two attached hydrogens (primary N) is 1. The van der Waals surface area contributed by atoms with Gasteiger partial charge in [0.05, 0.1) is 15.9 Å². The lowest BCUT2D eigenvalue weighted by atomic mass is 10.2. The van der Waals surface area contributed by atoms with E-state index in [0.717, 1.165) is 79.4 Å². The molecule has 3 N–H and O–H groups in total. The van der Waals surface area contributed by atoms with Crippen molar-refractivity contribution in [3.63, 3.8) is 0 Å². The number of benzene rings is 1. The molecule has 12 heteroatoms. The highest BCUT2D eigenvalue weighted by atomic mass is 35.5. The minimum absolute atomic E-state index is 0.0701. The van der Waals surface area contributed by atoms with Crippen LogP contribution in [0.4, 0.5) is 5.82 Å². The van der Waals surface area contributed by atoms with Gasteiger partial charge in [-0.1, -0.05) is 18.5 Å². The molecule has 2 aliphatic rings. The number of fused-ring (bicyclic) bond motifs is 2. The van der Waals surface area contributed by atoms with E-state index in [4.69, 9.17) is 27.3 Å². The average molecular weight is 566 g/mol. The first-order valence-corrected chi connectivity index (χ1v) is 14.8. The number of H-pyrrole nitrogens is 1. The number of nitrogens with one attached hydrogen (secondary N) is 1. The molecule has 0 spiro atoms. The van der Waals surface area contributed by atoms with Gasteiger partial charge in [0, 0.05) is 36.1 Å². The van der Waals surface area contributed by atoms with Crippen LogP contribution in [-0.2, 0) is 6.42 Å².